The van der Waals surface area contributed by atoms with E-state index in [0.29, 0.717) is 17.0 Å². The molecule has 2 unspecified atom stereocenters. The lowest BCUT2D eigenvalue weighted by atomic mass is 9.76. The van der Waals surface area contributed by atoms with E-state index in [1.165, 1.54) is 12.1 Å². The molecule has 2 atom stereocenters. The fourth-order valence-electron chi connectivity index (χ4n) is 3.65. The van der Waals surface area contributed by atoms with E-state index in [4.69, 9.17) is 5.10 Å². The summed E-state index contributed by atoms with van der Waals surface area (Å²) < 4.78 is 13.5. The van der Waals surface area contributed by atoms with E-state index in [2.05, 4.69) is 4.98 Å². The Kier molecular flexibility index (Phi) is 4.39. The van der Waals surface area contributed by atoms with Crippen molar-refractivity contribution in [3.63, 3.8) is 0 Å². The summed E-state index contributed by atoms with van der Waals surface area (Å²) >= 11 is 0. The lowest BCUT2D eigenvalue weighted by Gasteiger charge is -2.35. The van der Waals surface area contributed by atoms with Gasteiger partial charge in [-0.25, -0.2) is 14.2 Å². The van der Waals surface area contributed by atoms with Crippen LogP contribution in [0.25, 0.3) is 0 Å². The van der Waals surface area contributed by atoms with Gasteiger partial charge in [-0.05, 0) is 54.4 Å². The maximum Gasteiger partial charge on any atom is 0.332 e. The Bertz CT molecular complexity index is 1020. The van der Waals surface area contributed by atoms with E-state index in [1.807, 2.05) is 30.3 Å². The predicted octanol–water partition coefficient (Wildman–Crippen LogP) is 4.07. The Morgan fingerprint density at radius 2 is 1.68 bits per heavy atom. The van der Waals surface area contributed by atoms with Gasteiger partial charge in [0, 0.05) is 12.4 Å². The SMILES string of the molecule is CC1(C(=O)O)C(c2ccncc2)C(c2ccc(F)cc2)=NN1c1ccccc1. The molecule has 0 spiro atoms. The Labute approximate surface area is 161 Å². The standard InChI is InChI=1S/C22H18FN3O2/c1-22(21(27)28)19(15-11-13-24-14-12-15)20(16-7-9-17(23)10-8-16)25-26(22)18-5-3-2-4-6-18/h2-14,19H,1H3,(H,27,28). The number of carboxylic acids is 1. The molecule has 0 aliphatic carbocycles. The number of rotatable bonds is 4. The Hall–Kier alpha value is -3.54. The molecule has 0 bridgehead atoms. The van der Waals surface area contributed by atoms with Crippen LogP contribution in [0.5, 0.6) is 0 Å². The van der Waals surface area contributed by atoms with Crippen molar-refractivity contribution < 1.29 is 14.3 Å². The number of benzene rings is 2. The van der Waals surface area contributed by atoms with Gasteiger partial charge in [0.2, 0.25) is 0 Å². The van der Waals surface area contributed by atoms with E-state index < -0.39 is 17.4 Å². The van der Waals surface area contributed by atoms with Gasteiger partial charge in [-0.3, -0.25) is 4.98 Å². The van der Waals surface area contributed by atoms with Crippen LogP contribution in [0, 0.1) is 5.82 Å². The first-order chi connectivity index (χ1) is 13.5. The Morgan fingerprint density at radius 1 is 1.04 bits per heavy atom. The summed E-state index contributed by atoms with van der Waals surface area (Å²) in [7, 11) is 0. The predicted molar refractivity (Wildman–Crippen MR) is 105 cm³/mol. The fourth-order valence-corrected chi connectivity index (χ4v) is 3.65. The Balaban J connectivity index is 1.95. The second-order valence-electron chi connectivity index (χ2n) is 6.81. The van der Waals surface area contributed by atoms with Gasteiger partial charge in [0.25, 0.3) is 0 Å². The third kappa shape index (κ3) is 2.83. The van der Waals surface area contributed by atoms with Gasteiger partial charge in [-0.15, -0.1) is 0 Å². The highest BCUT2D eigenvalue weighted by molar-refractivity contribution is 6.12. The molecule has 1 aromatic heterocycles. The molecule has 0 amide bonds. The molecule has 1 N–H and O–H groups in total. The number of pyridine rings is 1. The fraction of sp³-hybridized carbons (Fsp3) is 0.136. The molecular weight excluding hydrogens is 357 g/mol. The summed E-state index contributed by atoms with van der Waals surface area (Å²) in [5.74, 6) is -1.93. The van der Waals surface area contributed by atoms with Gasteiger partial charge < -0.3 is 5.11 Å². The molecule has 6 heteroatoms. The number of carbonyl (C=O) groups is 1. The van der Waals surface area contributed by atoms with Crippen molar-refractivity contribution in [1.29, 1.82) is 0 Å². The minimum Gasteiger partial charge on any atom is -0.479 e. The third-order valence-electron chi connectivity index (χ3n) is 5.10. The topological polar surface area (TPSA) is 65.8 Å². The number of carboxylic acid groups (broad SMARTS) is 1. The van der Waals surface area contributed by atoms with Crippen LogP contribution >= 0.6 is 0 Å². The number of hydrazone groups is 1. The first-order valence-corrected chi connectivity index (χ1v) is 8.85. The molecule has 2 aromatic carbocycles. The van der Waals surface area contributed by atoms with Gasteiger partial charge in [-0.2, -0.15) is 5.10 Å². The van der Waals surface area contributed by atoms with Crippen molar-refractivity contribution in [2.24, 2.45) is 5.10 Å². The van der Waals surface area contributed by atoms with Gasteiger partial charge >= 0.3 is 5.97 Å². The maximum absolute atomic E-state index is 13.5. The van der Waals surface area contributed by atoms with Crippen molar-refractivity contribution in [2.75, 3.05) is 5.01 Å². The lowest BCUT2D eigenvalue weighted by molar-refractivity contribution is -0.142. The maximum atomic E-state index is 13.5. The molecule has 3 aromatic rings. The number of hydrogen-bond acceptors (Lipinski definition) is 4. The van der Waals surface area contributed by atoms with Crippen LogP contribution in [-0.2, 0) is 4.79 Å². The molecule has 4 rings (SSSR count). The molecule has 1 aliphatic heterocycles. The number of anilines is 1. The van der Waals surface area contributed by atoms with Gasteiger partial charge in [0.15, 0.2) is 5.54 Å². The molecule has 2 heterocycles. The summed E-state index contributed by atoms with van der Waals surface area (Å²) in [4.78, 5) is 16.6. The number of aliphatic carboxylic acids is 1. The van der Waals surface area contributed by atoms with Crippen LogP contribution in [0.2, 0.25) is 0 Å². The molecule has 5 nitrogen and oxygen atoms in total. The van der Waals surface area contributed by atoms with Gasteiger partial charge in [0.1, 0.15) is 5.82 Å². The minimum absolute atomic E-state index is 0.358. The average molecular weight is 375 g/mol. The quantitative estimate of drug-likeness (QED) is 0.746. The van der Waals surface area contributed by atoms with Crippen LogP contribution in [0.3, 0.4) is 0 Å². The molecule has 28 heavy (non-hydrogen) atoms. The molecule has 0 radical (unpaired) electrons. The molecular formula is C22H18FN3O2. The monoisotopic (exact) mass is 375 g/mol. The van der Waals surface area contributed by atoms with Crippen LogP contribution in [0.1, 0.15) is 24.0 Å². The summed E-state index contributed by atoms with van der Waals surface area (Å²) in [6.45, 7) is 1.66. The molecule has 1 aliphatic rings. The number of halogens is 1. The second kappa shape index (κ2) is 6.88. The van der Waals surface area contributed by atoms with Crippen LogP contribution in [0.4, 0.5) is 10.1 Å². The van der Waals surface area contributed by atoms with E-state index in [0.717, 1.165) is 5.56 Å². The molecule has 140 valence electrons. The number of para-hydroxylation sites is 1. The minimum atomic E-state index is -1.37. The molecule has 0 saturated carbocycles. The first-order valence-electron chi connectivity index (χ1n) is 8.85. The van der Waals surface area contributed by atoms with Crippen molar-refractivity contribution >= 4 is 17.4 Å². The smallest absolute Gasteiger partial charge is 0.332 e. The van der Waals surface area contributed by atoms with E-state index in [9.17, 15) is 14.3 Å². The third-order valence-corrected chi connectivity index (χ3v) is 5.10. The normalized spacial score (nSPS) is 21.4. The highest BCUT2D eigenvalue weighted by Crippen LogP contribution is 2.44. The van der Waals surface area contributed by atoms with E-state index >= 15 is 0 Å². The van der Waals surface area contributed by atoms with E-state index in [-0.39, 0.29) is 5.82 Å². The van der Waals surface area contributed by atoms with Crippen LogP contribution in [-0.4, -0.2) is 27.3 Å². The second-order valence-corrected chi connectivity index (χ2v) is 6.81. The van der Waals surface area contributed by atoms with Crippen LogP contribution in [0.15, 0.2) is 84.2 Å². The molecule has 0 saturated heterocycles. The zero-order chi connectivity index (χ0) is 19.7. The lowest BCUT2D eigenvalue weighted by Crippen LogP contribution is -2.52. The van der Waals surface area contributed by atoms with Crippen molar-refractivity contribution in [2.45, 2.75) is 18.4 Å². The summed E-state index contributed by atoms with van der Waals surface area (Å²) in [5, 5.41) is 16.5. The number of aromatic nitrogens is 1. The number of hydrogen-bond donors (Lipinski definition) is 1. The number of nitrogens with zero attached hydrogens (tertiary/aromatic N) is 3. The Morgan fingerprint density at radius 3 is 2.29 bits per heavy atom. The van der Waals surface area contributed by atoms with Gasteiger partial charge in [0.05, 0.1) is 17.3 Å². The zero-order valence-electron chi connectivity index (χ0n) is 15.2. The van der Waals surface area contributed by atoms with Crippen molar-refractivity contribution in [1.82, 2.24) is 4.98 Å². The highest BCUT2D eigenvalue weighted by Gasteiger charge is 2.55. The van der Waals surface area contributed by atoms with E-state index in [1.54, 1.807) is 48.6 Å². The highest BCUT2D eigenvalue weighted by atomic mass is 19.1. The summed E-state index contributed by atoms with van der Waals surface area (Å²) in [6, 6.07) is 18.7. The van der Waals surface area contributed by atoms with Crippen molar-refractivity contribution in [3.8, 4) is 0 Å². The van der Waals surface area contributed by atoms with Gasteiger partial charge in [-0.1, -0.05) is 30.3 Å². The van der Waals surface area contributed by atoms with Crippen molar-refractivity contribution in [3.05, 3.63) is 96.1 Å². The summed E-state index contributed by atoms with van der Waals surface area (Å²) in [6.07, 6.45) is 3.26. The zero-order valence-corrected chi connectivity index (χ0v) is 15.2. The average Bonchev–Trinajstić information content (AvgIpc) is 3.04. The van der Waals surface area contributed by atoms with Crippen LogP contribution < -0.4 is 5.01 Å². The first kappa shape index (κ1) is 17.9. The summed E-state index contributed by atoms with van der Waals surface area (Å²) in [5.41, 5.74) is 1.32. The molecule has 0 fully saturated rings. The largest absolute Gasteiger partial charge is 0.479 e.